The topological polar surface area (TPSA) is 131 Å². The molecular weight excluding hydrogens is 366 g/mol. The first-order valence-electron chi connectivity index (χ1n) is 8.74. The van der Waals surface area contributed by atoms with Gasteiger partial charge in [-0.05, 0) is 32.3 Å². The number of hydrazine groups is 1. The summed E-state index contributed by atoms with van der Waals surface area (Å²) in [6, 6.07) is -0.756. The molecule has 9 heteroatoms. The van der Waals surface area contributed by atoms with E-state index in [1.54, 1.807) is 0 Å². The second-order valence-corrected chi connectivity index (χ2v) is 6.60. The van der Waals surface area contributed by atoms with Crippen molar-refractivity contribution in [1.29, 1.82) is 0 Å². The number of fused-ring (bicyclic) bond motifs is 1. The lowest BCUT2D eigenvalue weighted by molar-refractivity contribution is -0.124. The number of cyclic esters (lactones) is 1. The maximum absolute atomic E-state index is 11.9. The molecule has 0 fully saturated rings. The third-order valence-corrected chi connectivity index (χ3v) is 4.67. The highest BCUT2D eigenvalue weighted by Gasteiger charge is 2.31. The molecule has 0 spiro atoms. The number of nitrogens with two attached hydrogens (primary N) is 1. The van der Waals surface area contributed by atoms with Crippen molar-refractivity contribution in [2.45, 2.75) is 39.7 Å². The first-order chi connectivity index (χ1) is 13.2. The molecule has 1 aliphatic rings. The Balaban J connectivity index is 2.12. The minimum Gasteiger partial charge on any atom is -0.507 e. The number of nitrogens with zero attached hydrogens (tertiary/aromatic N) is 1. The number of allylic oxidation sites excluding steroid dienone is 2. The van der Waals surface area contributed by atoms with Gasteiger partial charge in [0.25, 0.3) is 0 Å². The fourth-order valence-electron chi connectivity index (χ4n) is 3.02. The molecule has 1 aromatic rings. The van der Waals surface area contributed by atoms with Gasteiger partial charge in [0, 0.05) is 24.6 Å². The quantitative estimate of drug-likeness (QED) is 0.384. The Morgan fingerprint density at radius 1 is 1.39 bits per heavy atom. The van der Waals surface area contributed by atoms with Crippen molar-refractivity contribution in [2.24, 2.45) is 5.73 Å². The van der Waals surface area contributed by atoms with Gasteiger partial charge < -0.3 is 20.3 Å². The molecule has 4 N–H and O–H groups in total. The molecule has 0 atom stereocenters. The number of aromatic hydroxyl groups is 1. The van der Waals surface area contributed by atoms with Crippen LogP contribution in [-0.2, 0) is 22.6 Å². The molecule has 0 saturated heterocycles. The minimum absolute atomic E-state index is 0.119. The predicted molar refractivity (Wildman–Crippen MR) is 101 cm³/mol. The Morgan fingerprint density at radius 3 is 2.68 bits per heavy atom. The van der Waals surface area contributed by atoms with Crippen molar-refractivity contribution in [3.05, 3.63) is 33.9 Å². The van der Waals surface area contributed by atoms with Gasteiger partial charge in [-0.15, -0.1) is 0 Å². The molecule has 0 bridgehead atoms. The van der Waals surface area contributed by atoms with Crippen molar-refractivity contribution in [2.75, 3.05) is 14.2 Å². The van der Waals surface area contributed by atoms with Gasteiger partial charge in [0.05, 0.1) is 7.11 Å². The normalized spacial score (nSPS) is 13.0. The highest BCUT2D eigenvalue weighted by molar-refractivity contribution is 5.98. The average molecular weight is 391 g/mol. The highest BCUT2D eigenvalue weighted by atomic mass is 16.5. The first kappa shape index (κ1) is 21.1. The van der Waals surface area contributed by atoms with Crippen LogP contribution in [0.2, 0.25) is 0 Å². The third-order valence-electron chi connectivity index (χ3n) is 4.67. The second-order valence-electron chi connectivity index (χ2n) is 6.60. The number of urea groups is 1. The van der Waals surface area contributed by atoms with Crippen LogP contribution < -0.4 is 15.9 Å². The van der Waals surface area contributed by atoms with E-state index < -0.39 is 12.0 Å². The minimum atomic E-state index is -0.756. The molecule has 0 aliphatic carbocycles. The lowest BCUT2D eigenvalue weighted by Crippen LogP contribution is -2.45. The number of hydrogen-bond acceptors (Lipinski definition) is 6. The van der Waals surface area contributed by atoms with Crippen LogP contribution in [0.4, 0.5) is 4.79 Å². The van der Waals surface area contributed by atoms with Gasteiger partial charge in [0.2, 0.25) is 5.91 Å². The number of rotatable bonds is 6. The number of ether oxygens (including phenoxy) is 2. The first-order valence-corrected chi connectivity index (χ1v) is 8.74. The molecule has 2 rings (SSSR count). The Kier molecular flexibility index (Phi) is 6.50. The highest BCUT2D eigenvalue weighted by Crippen LogP contribution is 2.42. The van der Waals surface area contributed by atoms with Crippen LogP contribution >= 0.6 is 0 Å². The van der Waals surface area contributed by atoms with Gasteiger partial charge in [-0.25, -0.2) is 14.6 Å². The summed E-state index contributed by atoms with van der Waals surface area (Å²) in [5.74, 6) is -0.509. The number of phenols is 1. The molecule has 152 valence electrons. The molecule has 1 heterocycles. The molecular formula is C19H25N3O6. The number of hydrogen-bond donors (Lipinski definition) is 3. The largest absolute Gasteiger partial charge is 0.507 e. The summed E-state index contributed by atoms with van der Waals surface area (Å²) in [7, 11) is 2.87. The van der Waals surface area contributed by atoms with E-state index in [2.05, 4.69) is 5.43 Å². The van der Waals surface area contributed by atoms with Crippen LogP contribution in [0.25, 0.3) is 0 Å². The second kappa shape index (κ2) is 8.64. The zero-order chi connectivity index (χ0) is 21.0. The number of esters is 1. The lowest BCUT2D eigenvalue weighted by Gasteiger charge is -2.16. The van der Waals surface area contributed by atoms with E-state index in [0.29, 0.717) is 29.7 Å². The molecule has 0 unspecified atom stereocenters. The number of carbonyl (C=O) groups is 3. The van der Waals surface area contributed by atoms with Crippen molar-refractivity contribution in [1.82, 2.24) is 10.4 Å². The SMILES string of the molecule is COc1c(C)c2c(c(O)c1CC=C(C)CCC(=O)NN(C)C(N)=O)C(=O)OC2. The van der Waals surface area contributed by atoms with Crippen LogP contribution in [0.3, 0.4) is 0 Å². The maximum Gasteiger partial charge on any atom is 0.342 e. The molecule has 9 nitrogen and oxygen atoms in total. The van der Waals surface area contributed by atoms with E-state index in [0.717, 1.165) is 16.1 Å². The monoisotopic (exact) mass is 391 g/mol. The van der Waals surface area contributed by atoms with Gasteiger partial charge in [-0.3, -0.25) is 10.2 Å². The number of benzene rings is 1. The Labute approximate surface area is 163 Å². The van der Waals surface area contributed by atoms with E-state index in [9.17, 15) is 19.5 Å². The van der Waals surface area contributed by atoms with Crippen molar-refractivity contribution in [3.8, 4) is 11.5 Å². The lowest BCUT2D eigenvalue weighted by atomic mass is 9.94. The van der Waals surface area contributed by atoms with E-state index in [1.807, 2.05) is 19.9 Å². The maximum atomic E-state index is 11.9. The van der Waals surface area contributed by atoms with Crippen LogP contribution in [0, 0.1) is 6.92 Å². The number of carbonyl (C=O) groups excluding carboxylic acids is 3. The van der Waals surface area contributed by atoms with E-state index in [4.69, 9.17) is 15.2 Å². The summed E-state index contributed by atoms with van der Waals surface area (Å²) in [6.45, 7) is 3.79. The standard InChI is InChI=1S/C19H25N3O6/c1-10(6-8-14(23)21-22(3)19(20)26)5-7-12-16(24)15-13(9-28-18(15)25)11(2)17(12)27-4/h5,24H,6-9H2,1-4H3,(H2,20,26)(H,21,23). The molecule has 0 saturated carbocycles. The smallest absolute Gasteiger partial charge is 0.342 e. The molecule has 28 heavy (non-hydrogen) atoms. The Morgan fingerprint density at radius 2 is 2.07 bits per heavy atom. The predicted octanol–water partition coefficient (Wildman–Crippen LogP) is 1.69. The van der Waals surface area contributed by atoms with Gasteiger partial charge >= 0.3 is 12.0 Å². The summed E-state index contributed by atoms with van der Waals surface area (Å²) < 4.78 is 10.5. The summed E-state index contributed by atoms with van der Waals surface area (Å²) >= 11 is 0. The van der Waals surface area contributed by atoms with Crippen molar-refractivity contribution < 1.29 is 29.0 Å². The summed E-state index contributed by atoms with van der Waals surface area (Å²) in [6.07, 6.45) is 2.80. The van der Waals surface area contributed by atoms with E-state index >= 15 is 0 Å². The zero-order valence-corrected chi connectivity index (χ0v) is 16.4. The molecule has 0 aromatic heterocycles. The van der Waals surface area contributed by atoms with Crippen molar-refractivity contribution in [3.63, 3.8) is 0 Å². The van der Waals surface area contributed by atoms with Crippen LogP contribution in [0.15, 0.2) is 11.6 Å². The van der Waals surface area contributed by atoms with Crippen LogP contribution in [-0.4, -0.2) is 42.2 Å². The molecule has 1 aromatic carbocycles. The van der Waals surface area contributed by atoms with Crippen molar-refractivity contribution >= 4 is 17.9 Å². The molecule has 0 radical (unpaired) electrons. The van der Waals surface area contributed by atoms with Gasteiger partial charge in [0.1, 0.15) is 23.7 Å². The fraction of sp³-hybridized carbons (Fsp3) is 0.421. The summed E-state index contributed by atoms with van der Waals surface area (Å²) in [5, 5.41) is 11.5. The summed E-state index contributed by atoms with van der Waals surface area (Å²) in [5.41, 5.74) is 10.4. The van der Waals surface area contributed by atoms with Gasteiger partial charge in [0.15, 0.2) is 0 Å². The molecule has 3 amide bonds. The molecule has 1 aliphatic heterocycles. The van der Waals surface area contributed by atoms with Crippen LogP contribution in [0.1, 0.15) is 46.8 Å². The van der Waals surface area contributed by atoms with E-state index in [-0.39, 0.29) is 30.2 Å². The fourth-order valence-corrected chi connectivity index (χ4v) is 3.02. The van der Waals surface area contributed by atoms with Gasteiger partial charge in [-0.1, -0.05) is 11.6 Å². The average Bonchev–Trinajstić information content (AvgIpc) is 3.03. The number of primary amides is 1. The van der Waals surface area contributed by atoms with Crippen LogP contribution in [0.5, 0.6) is 11.5 Å². The Hall–Kier alpha value is -3.23. The number of methoxy groups -OCH3 is 1. The van der Waals surface area contributed by atoms with Gasteiger partial charge in [-0.2, -0.15) is 0 Å². The summed E-state index contributed by atoms with van der Waals surface area (Å²) in [4.78, 5) is 34.6. The number of amides is 3. The zero-order valence-electron chi connectivity index (χ0n) is 16.4. The third kappa shape index (κ3) is 4.36. The van der Waals surface area contributed by atoms with E-state index in [1.165, 1.54) is 14.2 Å². The number of phenolic OH excluding ortho intramolecular Hbond substituents is 1. The Bertz CT molecular complexity index is 847. The number of nitrogens with one attached hydrogen (secondary N) is 1.